The molecule has 12 heteroatoms. The van der Waals surface area contributed by atoms with Crippen LogP contribution < -0.4 is 11.1 Å². The Labute approximate surface area is 123 Å². The topological polar surface area (TPSA) is 189 Å². The van der Waals surface area contributed by atoms with Crippen LogP contribution >= 0.6 is 7.82 Å². The second kappa shape index (κ2) is 6.14. The van der Waals surface area contributed by atoms with Gasteiger partial charge in [0.2, 0.25) is 5.91 Å². The van der Waals surface area contributed by atoms with Crippen LogP contribution in [0.3, 0.4) is 0 Å². The second-order valence-electron chi connectivity index (χ2n) is 4.83. The van der Waals surface area contributed by atoms with Crippen molar-refractivity contribution >= 4 is 19.6 Å². The second-order valence-corrected chi connectivity index (χ2v) is 6.07. The molecule has 2 aliphatic heterocycles. The van der Waals surface area contributed by atoms with Crippen molar-refractivity contribution in [3.8, 4) is 0 Å². The summed E-state index contributed by atoms with van der Waals surface area (Å²) in [6, 6.07) is -1.12. The number of phosphoric ester groups is 1. The van der Waals surface area contributed by atoms with Gasteiger partial charge in [-0.25, -0.2) is 4.57 Å². The molecule has 0 aromatic heterocycles. The molecule has 124 valence electrons. The highest BCUT2D eigenvalue weighted by Crippen LogP contribution is 2.37. The number of hydrogen-bond donors (Lipinski definition) is 6. The fourth-order valence-electron chi connectivity index (χ4n) is 2.15. The van der Waals surface area contributed by atoms with Crippen LogP contribution in [0.1, 0.15) is 0 Å². The SMILES string of the molecule is NC1C=C([C@@H]2O[C@H](COP(=O)(O)O)[C@@H](O)[C@H]2O)C(=O)NC1=O. The first kappa shape index (κ1) is 17.2. The summed E-state index contributed by atoms with van der Waals surface area (Å²) in [5, 5.41) is 21.7. The molecule has 2 rings (SSSR count). The third-order valence-electron chi connectivity index (χ3n) is 3.24. The summed E-state index contributed by atoms with van der Waals surface area (Å²) in [4.78, 5) is 40.2. The Balaban J connectivity index is 2.13. The molecule has 0 aromatic rings. The molecule has 1 unspecified atom stereocenters. The van der Waals surface area contributed by atoms with Crippen LogP contribution in [0.2, 0.25) is 0 Å². The Morgan fingerprint density at radius 3 is 2.55 bits per heavy atom. The molecule has 5 atom stereocenters. The number of nitrogens with two attached hydrogens (primary N) is 1. The van der Waals surface area contributed by atoms with Crippen molar-refractivity contribution in [3.05, 3.63) is 11.6 Å². The molecule has 11 nitrogen and oxygen atoms in total. The lowest BCUT2D eigenvalue weighted by Crippen LogP contribution is -2.50. The Bertz CT molecular complexity index is 559. The molecule has 7 N–H and O–H groups in total. The molecule has 0 saturated carbocycles. The van der Waals surface area contributed by atoms with Gasteiger partial charge in [-0.15, -0.1) is 0 Å². The minimum absolute atomic E-state index is 0.155. The lowest BCUT2D eigenvalue weighted by Gasteiger charge is -2.23. The van der Waals surface area contributed by atoms with Crippen molar-refractivity contribution in [2.75, 3.05) is 6.61 Å². The van der Waals surface area contributed by atoms with Crippen molar-refractivity contribution in [2.24, 2.45) is 5.73 Å². The number of phosphoric acid groups is 1. The van der Waals surface area contributed by atoms with Gasteiger partial charge in [0.1, 0.15) is 30.5 Å². The van der Waals surface area contributed by atoms with E-state index in [9.17, 15) is 24.4 Å². The van der Waals surface area contributed by atoms with Crippen molar-refractivity contribution in [1.29, 1.82) is 0 Å². The van der Waals surface area contributed by atoms with Gasteiger partial charge < -0.3 is 30.5 Å². The quantitative estimate of drug-likeness (QED) is 0.221. The number of carbonyl (C=O) groups is 2. The zero-order valence-corrected chi connectivity index (χ0v) is 11.9. The van der Waals surface area contributed by atoms with Gasteiger partial charge in [-0.3, -0.25) is 19.4 Å². The normalized spacial score (nSPS) is 36.2. The van der Waals surface area contributed by atoms with Crippen LogP contribution in [0, 0.1) is 0 Å². The van der Waals surface area contributed by atoms with Crippen LogP contribution in [0.15, 0.2) is 11.6 Å². The lowest BCUT2D eigenvalue weighted by molar-refractivity contribution is -0.130. The van der Waals surface area contributed by atoms with Gasteiger partial charge >= 0.3 is 7.82 Å². The van der Waals surface area contributed by atoms with Crippen molar-refractivity contribution in [1.82, 2.24) is 5.32 Å². The number of aliphatic hydroxyl groups excluding tert-OH is 2. The maximum Gasteiger partial charge on any atom is 0.469 e. The zero-order chi connectivity index (χ0) is 16.7. The summed E-state index contributed by atoms with van der Waals surface area (Å²) < 4.78 is 20.0. The average Bonchev–Trinajstić information content (AvgIpc) is 2.68. The highest BCUT2D eigenvalue weighted by atomic mass is 31.2. The van der Waals surface area contributed by atoms with E-state index in [0.717, 1.165) is 6.08 Å². The molecular formula is C10H15N2O9P. The Morgan fingerprint density at radius 2 is 1.95 bits per heavy atom. The molecular weight excluding hydrogens is 323 g/mol. The Hall–Kier alpha value is -1.17. The molecule has 1 fully saturated rings. The molecule has 2 aliphatic rings. The summed E-state index contributed by atoms with van der Waals surface area (Å²) in [6.07, 6.45) is -4.58. The van der Waals surface area contributed by atoms with Crippen LogP contribution in [0.5, 0.6) is 0 Å². The fraction of sp³-hybridized carbons (Fsp3) is 0.600. The van der Waals surface area contributed by atoms with Crippen molar-refractivity contribution in [2.45, 2.75) is 30.5 Å². The smallest absolute Gasteiger partial charge is 0.387 e. The van der Waals surface area contributed by atoms with Gasteiger partial charge in [0.15, 0.2) is 0 Å². The fourth-order valence-corrected chi connectivity index (χ4v) is 2.49. The predicted octanol–water partition coefficient (Wildman–Crippen LogP) is -3.50. The monoisotopic (exact) mass is 338 g/mol. The summed E-state index contributed by atoms with van der Waals surface area (Å²) >= 11 is 0. The molecule has 2 heterocycles. The van der Waals surface area contributed by atoms with Gasteiger partial charge in [0.05, 0.1) is 6.61 Å². The summed E-state index contributed by atoms with van der Waals surface area (Å²) in [6.45, 7) is -0.696. The summed E-state index contributed by atoms with van der Waals surface area (Å²) in [7, 11) is -4.78. The number of carbonyl (C=O) groups excluding carboxylic acids is 2. The Morgan fingerprint density at radius 1 is 1.32 bits per heavy atom. The van der Waals surface area contributed by atoms with Crippen molar-refractivity contribution < 1.29 is 43.4 Å². The molecule has 0 aliphatic carbocycles. The highest BCUT2D eigenvalue weighted by molar-refractivity contribution is 7.46. The van der Waals surface area contributed by atoms with Gasteiger partial charge in [0, 0.05) is 5.57 Å². The van der Waals surface area contributed by atoms with Gasteiger partial charge in [-0.2, -0.15) is 0 Å². The average molecular weight is 338 g/mol. The van der Waals surface area contributed by atoms with E-state index in [1.807, 2.05) is 5.32 Å². The summed E-state index contributed by atoms with van der Waals surface area (Å²) in [5.41, 5.74) is 5.31. The molecule has 2 amide bonds. The molecule has 0 radical (unpaired) electrons. The molecule has 1 saturated heterocycles. The van der Waals surface area contributed by atoms with E-state index < -0.39 is 56.7 Å². The number of ether oxygens (including phenoxy) is 1. The number of nitrogens with one attached hydrogen (secondary N) is 1. The molecule has 0 bridgehead atoms. The first-order valence-corrected chi connectivity index (χ1v) is 7.67. The number of imide groups is 1. The van der Waals surface area contributed by atoms with E-state index in [0.29, 0.717) is 0 Å². The molecule has 22 heavy (non-hydrogen) atoms. The standard InChI is InChI=1S/C10H15N2O9P/c11-4-1-3(9(15)12-10(4)16)8-7(14)6(13)5(21-8)2-20-22(17,18)19/h1,4-8,13-14H,2,11H2,(H,12,15,16)(H2,17,18,19)/t4?,5-,6-,7-,8+/m1/s1. The first-order chi connectivity index (χ1) is 10.1. The van der Waals surface area contributed by atoms with E-state index in [2.05, 4.69) is 4.52 Å². The van der Waals surface area contributed by atoms with E-state index in [-0.39, 0.29) is 5.57 Å². The van der Waals surface area contributed by atoms with Gasteiger partial charge in [-0.1, -0.05) is 0 Å². The van der Waals surface area contributed by atoms with Crippen LogP contribution in [0.4, 0.5) is 0 Å². The number of hydrogen-bond acceptors (Lipinski definition) is 8. The minimum Gasteiger partial charge on any atom is -0.387 e. The van der Waals surface area contributed by atoms with Crippen molar-refractivity contribution in [3.63, 3.8) is 0 Å². The van der Waals surface area contributed by atoms with E-state index in [4.69, 9.17) is 20.3 Å². The third kappa shape index (κ3) is 3.59. The largest absolute Gasteiger partial charge is 0.469 e. The number of aliphatic hydroxyl groups is 2. The molecule has 0 aromatic carbocycles. The maximum absolute atomic E-state index is 11.7. The summed E-state index contributed by atoms with van der Waals surface area (Å²) in [5.74, 6) is -1.55. The van der Waals surface area contributed by atoms with Crippen LogP contribution in [-0.2, 0) is 23.4 Å². The van der Waals surface area contributed by atoms with Crippen LogP contribution in [0.25, 0.3) is 0 Å². The van der Waals surface area contributed by atoms with Gasteiger partial charge in [-0.05, 0) is 6.08 Å². The Kier molecular flexibility index (Phi) is 4.80. The van der Waals surface area contributed by atoms with E-state index >= 15 is 0 Å². The number of rotatable bonds is 4. The number of amides is 2. The van der Waals surface area contributed by atoms with Gasteiger partial charge in [0.25, 0.3) is 5.91 Å². The highest BCUT2D eigenvalue weighted by Gasteiger charge is 2.47. The molecule has 0 spiro atoms. The van der Waals surface area contributed by atoms with E-state index in [1.54, 1.807) is 0 Å². The minimum atomic E-state index is -4.78. The zero-order valence-electron chi connectivity index (χ0n) is 11.0. The lowest BCUT2D eigenvalue weighted by atomic mass is 9.97. The maximum atomic E-state index is 11.7. The first-order valence-electron chi connectivity index (χ1n) is 6.14. The van der Waals surface area contributed by atoms with Crippen LogP contribution in [-0.4, -0.2) is 68.9 Å². The third-order valence-corrected chi connectivity index (χ3v) is 3.72. The van der Waals surface area contributed by atoms with E-state index in [1.165, 1.54) is 0 Å². The predicted molar refractivity (Wildman–Crippen MR) is 67.9 cm³/mol.